The normalized spacial score (nSPS) is 12.3. The smallest absolute Gasteiger partial charge is 0.254 e. The van der Waals surface area contributed by atoms with E-state index >= 15 is 0 Å². The highest BCUT2D eigenvalue weighted by Crippen LogP contribution is 2.09. The van der Waals surface area contributed by atoms with Gasteiger partial charge >= 0.3 is 0 Å². The Morgan fingerprint density at radius 1 is 1.53 bits per heavy atom. The van der Waals surface area contributed by atoms with E-state index in [0.29, 0.717) is 0 Å². The third-order valence-corrected chi connectivity index (χ3v) is 1.82. The van der Waals surface area contributed by atoms with Crippen molar-refractivity contribution in [2.24, 2.45) is 0 Å². The topological polar surface area (TPSA) is 49.3 Å². The molecule has 0 aliphatic heterocycles. The number of carbonyl (C=O) groups is 1. The minimum atomic E-state index is -0.793. The molecule has 1 aromatic rings. The predicted molar refractivity (Wildman–Crippen MR) is 50.4 cm³/mol. The third-order valence-electron chi connectivity index (χ3n) is 1.82. The Morgan fingerprint density at radius 3 is 2.80 bits per heavy atom. The molecule has 0 heterocycles. The van der Waals surface area contributed by atoms with Crippen molar-refractivity contribution in [2.75, 3.05) is 6.61 Å². The Labute approximate surface area is 85.7 Å². The van der Waals surface area contributed by atoms with E-state index in [2.05, 4.69) is 5.32 Å². The average molecular weight is 215 g/mol. The first-order chi connectivity index (χ1) is 7.04. The zero-order valence-corrected chi connectivity index (χ0v) is 8.13. The van der Waals surface area contributed by atoms with Gasteiger partial charge in [-0.15, -0.1) is 0 Å². The molecule has 1 aromatic carbocycles. The molecule has 0 unspecified atom stereocenters. The van der Waals surface area contributed by atoms with Gasteiger partial charge in [0.25, 0.3) is 5.91 Å². The van der Waals surface area contributed by atoms with Gasteiger partial charge < -0.3 is 10.4 Å². The molecule has 1 amide bonds. The molecule has 0 saturated carbocycles. The van der Waals surface area contributed by atoms with Crippen molar-refractivity contribution in [2.45, 2.75) is 13.0 Å². The summed E-state index contributed by atoms with van der Waals surface area (Å²) in [6.07, 6.45) is 0. The van der Waals surface area contributed by atoms with Gasteiger partial charge in [-0.05, 0) is 25.1 Å². The van der Waals surface area contributed by atoms with Crippen LogP contribution in [0.15, 0.2) is 18.2 Å². The summed E-state index contributed by atoms with van der Waals surface area (Å²) in [5.41, 5.74) is -0.365. The standard InChI is InChI=1S/C10H11F2NO2/c1-6(5-14)13-10(15)8-4-7(11)2-3-9(8)12/h2-4,6,14H,5H2,1H3,(H,13,15)/t6-/m1/s1. The van der Waals surface area contributed by atoms with E-state index in [4.69, 9.17) is 5.11 Å². The van der Waals surface area contributed by atoms with Gasteiger partial charge in [0.1, 0.15) is 11.6 Å². The number of hydrogen-bond donors (Lipinski definition) is 2. The van der Waals surface area contributed by atoms with E-state index in [1.807, 2.05) is 0 Å². The highest BCUT2D eigenvalue weighted by Gasteiger charge is 2.14. The Balaban J connectivity index is 2.86. The van der Waals surface area contributed by atoms with Crippen LogP contribution in [0.5, 0.6) is 0 Å². The van der Waals surface area contributed by atoms with E-state index in [-0.39, 0.29) is 12.2 Å². The molecule has 0 bridgehead atoms. The molecule has 0 aromatic heterocycles. The number of rotatable bonds is 3. The van der Waals surface area contributed by atoms with Gasteiger partial charge in [0, 0.05) is 6.04 Å². The van der Waals surface area contributed by atoms with Gasteiger partial charge in [0.05, 0.1) is 12.2 Å². The Hall–Kier alpha value is -1.49. The fourth-order valence-corrected chi connectivity index (χ4v) is 1.02. The lowest BCUT2D eigenvalue weighted by Gasteiger charge is -2.10. The second-order valence-electron chi connectivity index (χ2n) is 3.18. The molecule has 82 valence electrons. The Morgan fingerprint density at radius 2 is 2.20 bits per heavy atom. The number of benzene rings is 1. The molecular weight excluding hydrogens is 204 g/mol. The maximum atomic E-state index is 13.1. The number of carbonyl (C=O) groups excluding carboxylic acids is 1. The molecule has 0 fully saturated rings. The van der Waals surface area contributed by atoms with E-state index < -0.39 is 23.6 Å². The van der Waals surface area contributed by atoms with Crippen molar-refractivity contribution in [1.82, 2.24) is 5.32 Å². The minimum Gasteiger partial charge on any atom is -0.394 e. The lowest BCUT2D eigenvalue weighted by atomic mass is 10.2. The fraction of sp³-hybridized carbons (Fsp3) is 0.300. The summed E-state index contributed by atoms with van der Waals surface area (Å²) >= 11 is 0. The number of aliphatic hydroxyl groups is 1. The van der Waals surface area contributed by atoms with Crippen LogP contribution in [0.2, 0.25) is 0 Å². The van der Waals surface area contributed by atoms with Crippen LogP contribution in [0, 0.1) is 11.6 Å². The summed E-state index contributed by atoms with van der Waals surface area (Å²) in [7, 11) is 0. The highest BCUT2D eigenvalue weighted by molar-refractivity contribution is 5.94. The van der Waals surface area contributed by atoms with Crippen molar-refractivity contribution in [1.29, 1.82) is 0 Å². The van der Waals surface area contributed by atoms with E-state index in [1.54, 1.807) is 6.92 Å². The molecule has 2 N–H and O–H groups in total. The van der Waals surface area contributed by atoms with Crippen LogP contribution in [0.25, 0.3) is 0 Å². The van der Waals surface area contributed by atoms with Crippen molar-refractivity contribution in [3.05, 3.63) is 35.4 Å². The number of nitrogens with one attached hydrogen (secondary N) is 1. The van der Waals surface area contributed by atoms with Gasteiger partial charge in [0.15, 0.2) is 0 Å². The summed E-state index contributed by atoms with van der Waals surface area (Å²) in [6, 6.07) is 2.13. The number of aliphatic hydroxyl groups excluding tert-OH is 1. The van der Waals surface area contributed by atoms with Crippen LogP contribution in [0.3, 0.4) is 0 Å². The molecule has 0 aliphatic rings. The van der Waals surface area contributed by atoms with Gasteiger partial charge in [-0.3, -0.25) is 4.79 Å². The van der Waals surface area contributed by atoms with Crippen molar-refractivity contribution in [3.8, 4) is 0 Å². The van der Waals surface area contributed by atoms with Crippen LogP contribution in [-0.4, -0.2) is 23.7 Å². The maximum absolute atomic E-state index is 13.1. The molecule has 5 heteroatoms. The van der Waals surface area contributed by atoms with Crippen LogP contribution < -0.4 is 5.32 Å². The number of halogens is 2. The lowest BCUT2D eigenvalue weighted by Crippen LogP contribution is -2.35. The zero-order chi connectivity index (χ0) is 11.4. The number of amides is 1. The van der Waals surface area contributed by atoms with Crippen LogP contribution >= 0.6 is 0 Å². The molecule has 15 heavy (non-hydrogen) atoms. The Kier molecular flexibility index (Phi) is 3.74. The predicted octanol–water partition coefficient (Wildman–Crippen LogP) is 1.08. The van der Waals surface area contributed by atoms with Crippen molar-refractivity contribution < 1.29 is 18.7 Å². The highest BCUT2D eigenvalue weighted by atomic mass is 19.1. The van der Waals surface area contributed by atoms with Crippen molar-refractivity contribution >= 4 is 5.91 Å². The van der Waals surface area contributed by atoms with Crippen molar-refractivity contribution in [3.63, 3.8) is 0 Å². The zero-order valence-electron chi connectivity index (χ0n) is 8.13. The summed E-state index contributed by atoms with van der Waals surface area (Å²) in [4.78, 5) is 11.4. The quantitative estimate of drug-likeness (QED) is 0.792. The summed E-state index contributed by atoms with van der Waals surface area (Å²) in [5.74, 6) is -2.22. The molecule has 0 spiro atoms. The molecule has 1 rings (SSSR count). The largest absolute Gasteiger partial charge is 0.394 e. The molecule has 0 aliphatic carbocycles. The first kappa shape index (κ1) is 11.6. The molecule has 3 nitrogen and oxygen atoms in total. The van der Waals surface area contributed by atoms with E-state index in [0.717, 1.165) is 18.2 Å². The minimum absolute atomic E-state index is 0.261. The van der Waals surface area contributed by atoms with Gasteiger partial charge in [-0.2, -0.15) is 0 Å². The first-order valence-electron chi connectivity index (χ1n) is 4.41. The maximum Gasteiger partial charge on any atom is 0.254 e. The second kappa shape index (κ2) is 4.84. The van der Waals surface area contributed by atoms with E-state index in [1.165, 1.54) is 0 Å². The van der Waals surface area contributed by atoms with Gasteiger partial charge in [0.2, 0.25) is 0 Å². The van der Waals surface area contributed by atoms with E-state index in [9.17, 15) is 13.6 Å². The molecule has 1 atom stereocenters. The second-order valence-corrected chi connectivity index (χ2v) is 3.18. The molecular formula is C10H11F2NO2. The monoisotopic (exact) mass is 215 g/mol. The van der Waals surface area contributed by atoms with Crippen LogP contribution in [0.4, 0.5) is 8.78 Å². The first-order valence-corrected chi connectivity index (χ1v) is 4.41. The molecule has 0 radical (unpaired) electrons. The van der Waals surface area contributed by atoms with Crippen LogP contribution in [-0.2, 0) is 0 Å². The fourth-order valence-electron chi connectivity index (χ4n) is 1.02. The Bertz CT molecular complexity index is 368. The number of hydrogen-bond acceptors (Lipinski definition) is 2. The summed E-state index contributed by atoms with van der Waals surface area (Å²) < 4.78 is 25.8. The lowest BCUT2D eigenvalue weighted by molar-refractivity contribution is 0.0917. The van der Waals surface area contributed by atoms with Crippen LogP contribution in [0.1, 0.15) is 17.3 Å². The SMILES string of the molecule is C[C@H](CO)NC(=O)c1cc(F)ccc1F. The summed E-state index contributed by atoms with van der Waals surface area (Å²) in [5, 5.41) is 11.0. The van der Waals surface area contributed by atoms with Gasteiger partial charge in [-0.1, -0.05) is 0 Å². The average Bonchev–Trinajstić information content (AvgIpc) is 2.21. The molecule has 0 saturated heterocycles. The van der Waals surface area contributed by atoms with Gasteiger partial charge in [-0.25, -0.2) is 8.78 Å². The summed E-state index contributed by atoms with van der Waals surface area (Å²) in [6.45, 7) is 1.29. The third kappa shape index (κ3) is 2.99.